The largest absolute Gasteiger partial charge is 0.473 e. The van der Waals surface area contributed by atoms with Crippen molar-refractivity contribution < 1.29 is 14.3 Å². The van der Waals surface area contributed by atoms with Crippen LogP contribution in [0.25, 0.3) is 10.9 Å². The van der Waals surface area contributed by atoms with Gasteiger partial charge in [0, 0.05) is 24.1 Å². The minimum absolute atomic E-state index is 0.384. The molecule has 2 aromatic heterocycles. The van der Waals surface area contributed by atoms with Crippen LogP contribution in [0.3, 0.4) is 0 Å². The molecule has 3 aromatic rings. The number of aromatic nitrogens is 2. The summed E-state index contributed by atoms with van der Waals surface area (Å²) in [5.74, 6) is 0.0952. The van der Waals surface area contributed by atoms with E-state index in [4.69, 9.17) is 10.5 Å². The number of nitrogens with one attached hydrogen (secondary N) is 1. The third-order valence-corrected chi connectivity index (χ3v) is 3.80. The normalized spacial score (nSPS) is 12.1. The van der Waals surface area contributed by atoms with E-state index in [1.165, 1.54) is 7.11 Å². The molecular formula is C18H19N3O3. The number of hydrogen-bond donors (Lipinski definition) is 2. The number of esters is 1. The number of rotatable bonds is 6. The number of carbonyl (C=O) groups is 1. The highest BCUT2D eigenvalue weighted by atomic mass is 16.5. The molecule has 1 aromatic carbocycles. The Morgan fingerprint density at radius 1 is 1.33 bits per heavy atom. The number of H-pyrrole nitrogens is 1. The topological polar surface area (TPSA) is 90.2 Å². The summed E-state index contributed by atoms with van der Waals surface area (Å²) in [6, 6.07) is 11.0. The van der Waals surface area contributed by atoms with Crippen molar-refractivity contribution in [1.82, 2.24) is 9.97 Å². The number of nitrogens with two attached hydrogens (primary N) is 1. The smallest absolute Gasteiger partial charge is 0.322 e. The molecule has 3 N–H and O–H groups in total. The minimum atomic E-state index is -0.698. The molecule has 124 valence electrons. The highest BCUT2D eigenvalue weighted by molar-refractivity contribution is 5.84. The predicted octanol–water partition coefficient (Wildman–Crippen LogP) is 2.18. The van der Waals surface area contributed by atoms with Crippen LogP contribution < -0.4 is 10.5 Å². The average molecular weight is 325 g/mol. The van der Waals surface area contributed by atoms with E-state index in [1.54, 1.807) is 6.20 Å². The second kappa shape index (κ2) is 7.14. The zero-order chi connectivity index (χ0) is 16.9. The Kier molecular flexibility index (Phi) is 4.77. The third kappa shape index (κ3) is 3.55. The van der Waals surface area contributed by atoms with Gasteiger partial charge in [-0.25, -0.2) is 4.98 Å². The van der Waals surface area contributed by atoms with Crippen LogP contribution in [0.4, 0.5) is 0 Å². The Bertz CT molecular complexity index is 830. The molecule has 0 aliphatic carbocycles. The Balaban J connectivity index is 1.77. The van der Waals surface area contributed by atoms with E-state index in [9.17, 15) is 4.79 Å². The molecule has 1 atom stereocenters. The fourth-order valence-electron chi connectivity index (χ4n) is 2.51. The lowest BCUT2D eigenvalue weighted by atomic mass is 10.1. The molecule has 0 amide bonds. The molecule has 0 spiro atoms. The van der Waals surface area contributed by atoms with Crippen LogP contribution >= 0.6 is 0 Å². The lowest BCUT2D eigenvalue weighted by Gasteiger charge is -2.09. The van der Waals surface area contributed by atoms with Crippen LogP contribution in [-0.2, 0) is 22.6 Å². The van der Waals surface area contributed by atoms with Gasteiger partial charge in [0.05, 0.1) is 18.8 Å². The predicted molar refractivity (Wildman–Crippen MR) is 90.6 cm³/mol. The summed E-state index contributed by atoms with van der Waals surface area (Å²) in [6.45, 7) is 0.445. The molecule has 0 aliphatic rings. The first-order valence-corrected chi connectivity index (χ1v) is 7.63. The molecule has 0 aliphatic heterocycles. The van der Waals surface area contributed by atoms with Crippen molar-refractivity contribution in [1.29, 1.82) is 0 Å². The van der Waals surface area contributed by atoms with E-state index in [0.29, 0.717) is 18.9 Å². The van der Waals surface area contributed by atoms with E-state index in [0.717, 1.165) is 22.0 Å². The quantitative estimate of drug-likeness (QED) is 0.678. The fraction of sp³-hybridized carbons (Fsp3) is 0.222. The Morgan fingerprint density at radius 3 is 2.88 bits per heavy atom. The Labute approximate surface area is 139 Å². The van der Waals surface area contributed by atoms with Crippen molar-refractivity contribution in [2.75, 3.05) is 7.11 Å². The molecule has 0 fully saturated rings. The number of carbonyl (C=O) groups excluding carboxylic acids is 1. The van der Waals surface area contributed by atoms with Crippen molar-refractivity contribution in [2.24, 2.45) is 5.73 Å². The van der Waals surface area contributed by atoms with Crippen molar-refractivity contribution in [2.45, 2.75) is 19.1 Å². The Hall–Kier alpha value is -2.86. The molecule has 1 unspecified atom stereocenters. The number of ether oxygens (including phenoxy) is 2. The van der Waals surface area contributed by atoms with Crippen LogP contribution in [0, 0.1) is 0 Å². The van der Waals surface area contributed by atoms with E-state index in [1.807, 2.05) is 42.6 Å². The molecule has 0 radical (unpaired) electrons. The van der Waals surface area contributed by atoms with E-state index >= 15 is 0 Å². The van der Waals surface area contributed by atoms with Crippen molar-refractivity contribution in [3.63, 3.8) is 0 Å². The number of hydrogen-bond acceptors (Lipinski definition) is 5. The monoisotopic (exact) mass is 325 g/mol. The zero-order valence-corrected chi connectivity index (χ0v) is 13.4. The molecule has 0 saturated heterocycles. The lowest BCUT2D eigenvalue weighted by Crippen LogP contribution is -2.33. The maximum Gasteiger partial charge on any atom is 0.322 e. The molecular weight excluding hydrogens is 306 g/mol. The van der Waals surface area contributed by atoms with E-state index in [2.05, 4.69) is 14.7 Å². The van der Waals surface area contributed by atoms with Gasteiger partial charge in [0.25, 0.3) is 0 Å². The van der Waals surface area contributed by atoms with Gasteiger partial charge in [-0.3, -0.25) is 4.79 Å². The molecule has 0 saturated carbocycles. The van der Waals surface area contributed by atoms with E-state index < -0.39 is 12.0 Å². The van der Waals surface area contributed by atoms with Gasteiger partial charge in [0.2, 0.25) is 5.88 Å². The SMILES string of the molecule is COC(=O)C(N)Cc1c[nH]c2cnc(OCc3ccccc3)cc12. The van der Waals surface area contributed by atoms with Gasteiger partial charge >= 0.3 is 5.97 Å². The van der Waals surface area contributed by atoms with Crippen molar-refractivity contribution in [3.05, 3.63) is 59.9 Å². The highest BCUT2D eigenvalue weighted by Crippen LogP contribution is 2.23. The first kappa shape index (κ1) is 16.0. The summed E-state index contributed by atoms with van der Waals surface area (Å²) in [7, 11) is 1.33. The zero-order valence-electron chi connectivity index (χ0n) is 13.4. The molecule has 2 heterocycles. The van der Waals surface area contributed by atoms with Gasteiger partial charge in [0.15, 0.2) is 0 Å². The summed E-state index contributed by atoms with van der Waals surface area (Å²) >= 11 is 0. The second-order valence-corrected chi connectivity index (χ2v) is 5.49. The number of aromatic amines is 1. The fourth-order valence-corrected chi connectivity index (χ4v) is 2.51. The van der Waals surface area contributed by atoms with Crippen molar-refractivity contribution in [3.8, 4) is 5.88 Å². The number of pyridine rings is 1. The van der Waals surface area contributed by atoms with Gasteiger partial charge in [-0.05, 0) is 11.1 Å². The van der Waals surface area contributed by atoms with Gasteiger partial charge in [-0.1, -0.05) is 30.3 Å². The van der Waals surface area contributed by atoms with Gasteiger partial charge in [0.1, 0.15) is 12.6 Å². The van der Waals surface area contributed by atoms with Crippen LogP contribution in [0.1, 0.15) is 11.1 Å². The molecule has 3 rings (SSSR count). The van der Waals surface area contributed by atoms with Gasteiger partial charge < -0.3 is 20.2 Å². The average Bonchev–Trinajstić information content (AvgIpc) is 3.02. The number of fused-ring (bicyclic) bond motifs is 1. The number of benzene rings is 1. The number of methoxy groups -OCH3 is 1. The van der Waals surface area contributed by atoms with Crippen LogP contribution in [0.5, 0.6) is 5.88 Å². The van der Waals surface area contributed by atoms with Crippen LogP contribution in [-0.4, -0.2) is 29.1 Å². The minimum Gasteiger partial charge on any atom is -0.473 e. The second-order valence-electron chi connectivity index (χ2n) is 5.49. The number of nitrogens with zero attached hydrogens (tertiary/aromatic N) is 1. The maximum absolute atomic E-state index is 11.5. The summed E-state index contributed by atoms with van der Waals surface area (Å²) in [6.07, 6.45) is 3.92. The standard InChI is InChI=1S/C18H19N3O3/c1-23-18(22)15(19)7-13-9-20-16-10-21-17(8-14(13)16)24-11-12-5-3-2-4-6-12/h2-6,8-10,15,20H,7,11,19H2,1H3. The lowest BCUT2D eigenvalue weighted by molar-refractivity contribution is -0.142. The van der Waals surface area contributed by atoms with Crippen LogP contribution in [0.15, 0.2) is 48.8 Å². The molecule has 24 heavy (non-hydrogen) atoms. The first-order chi connectivity index (χ1) is 11.7. The van der Waals surface area contributed by atoms with Crippen LogP contribution in [0.2, 0.25) is 0 Å². The summed E-state index contributed by atoms with van der Waals surface area (Å²) in [5, 5.41) is 0.937. The van der Waals surface area contributed by atoms with Gasteiger partial charge in [-0.15, -0.1) is 0 Å². The van der Waals surface area contributed by atoms with Crippen molar-refractivity contribution >= 4 is 16.9 Å². The molecule has 6 heteroatoms. The van der Waals surface area contributed by atoms with E-state index in [-0.39, 0.29) is 0 Å². The summed E-state index contributed by atoms with van der Waals surface area (Å²) < 4.78 is 10.4. The maximum atomic E-state index is 11.5. The molecule has 6 nitrogen and oxygen atoms in total. The summed E-state index contributed by atoms with van der Waals surface area (Å²) in [4.78, 5) is 18.9. The molecule has 0 bridgehead atoms. The Morgan fingerprint density at radius 2 is 2.12 bits per heavy atom. The first-order valence-electron chi connectivity index (χ1n) is 7.63. The third-order valence-electron chi connectivity index (χ3n) is 3.80. The summed E-state index contributed by atoms with van der Waals surface area (Å²) in [5.41, 5.74) is 8.71. The van der Waals surface area contributed by atoms with Gasteiger partial charge in [-0.2, -0.15) is 0 Å². The highest BCUT2D eigenvalue weighted by Gasteiger charge is 2.17.